The van der Waals surface area contributed by atoms with Crippen molar-refractivity contribution in [2.75, 3.05) is 13.2 Å². The van der Waals surface area contributed by atoms with E-state index in [2.05, 4.69) is 6.58 Å². The van der Waals surface area contributed by atoms with Crippen LogP contribution in [0.1, 0.15) is 26.2 Å². The highest BCUT2D eigenvalue weighted by atomic mass is 16.7. The fourth-order valence-corrected chi connectivity index (χ4v) is 1.17. The molecule has 0 atom stereocenters. The van der Waals surface area contributed by atoms with Gasteiger partial charge in [0.25, 0.3) is 0 Å². The summed E-state index contributed by atoms with van der Waals surface area (Å²) in [5, 5.41) is 0. The van der Waals surface area contributed by atoms with Crippen LogP contribution in [0.4, 0.5) is 0 Å². The van der Waals surface area contributed by atoms with Crippen LogP contribution in [0.2, 0.25) is 0 Å². The van der Waals surface area contributed by atoms with Crippen LogP contribution >= 0.6 is 0 Å². The van der Waals surface area contributed by atoms with Crippen molar-refractivity contribution in [1.82, 2.24) is 0 Å². The Labute approximate surface area is 78.7 Å². The molecule has 1 heterocycles. The molecule has 3 nitrogen and oxygen atoms in total. The van der Waals surface area contributed by atoms with Gasteiger partial charge in [-0.05, 0) is 13.3 Å². The summed E-state index contributed by atoms with van der Waals surface area (Å²) in [6, 6.07) is 0. The van der Waals surface area contributed by atoms with Gasteiger partial charge in [-0.3, -0.25) is 4.79 Å². The van der Waals surface area contributed by atoms with Crippen LogP contribution in [0.5, 0.6) is 0 Å². The second-order valence-electron chi connectivity index (χ2n) is 3.37. The molecule has 74 valence electrons. The molecule has 13 heavy (non-hydrogen) atoms. The maximum absolute atomic E-state index is 11.3. The van der Waals surface area contributed by atoms with Gasteiger partial charge < -0.3 is 9.47 Å². The predicted molar refractivity (Wildman–Crippen MR) is 49.4 cm³/mol. The van der Waals surface area contributed by atoms with E-state index in [0.29, 0.717) is 26.1 Å². The van der Waals surface area contributed by atoms with Crippen LogP contribution in [-0.2, 0) is 14.3 Å². The monoisotopic (exact) mass is 184 g/mol. The van der Waals surface area contributed by atoms with Gasteiger partial charge in [-0.25, -0.2) is 0 Å². The Morgan fingerprint density at radius 1 is 1.38 bits per heavy atom. The number of hydrogen-bond acceptors (Lipinski definition) is 3. The van der Waals surface area contributed by atoms with Crippen LogP contribution in [0.15, 0.2) is 12.2 Å². The maximum atomic E-state index is 11.3. The zero-order valence-corrected chi connectivity index (χ0v) is 8.04. The van der Waals surface area contributed by atoms with E-state index in [9.17, 15) is 4.79 Å². The molecule has 0 N–H and O–H groups in total. The van der Waals surface area contributed by atoms with Crippen LogP contribution < -0.4 is 0 Å². The van der Waals surface area contributed by atoms with Crippen molar-refractivity contribution in [1.29, 1.82) is 0 Å². The van der Waals surface area contributed by atoms with Gasteiger partial charge in [0.05, 0.1) is 19.6 Å². The van der Waals surface area contributed by atoms with Gasteiger partial charge in [-0.15, -0.1) is 6.58 Å². The number of ether oxygens (including phenoxy) is 2. The Morgan fingerprint density at radius 3 is 2.54 bits per heavy atom. The van der Waals surface area contributed by atoms with E-state index in [1.165, 1.54) is 0 Å². The smallest absolute Gasteiger partial charge is 0.164 e. The molecule has 0 amide bonds. The molecular weight excluding hydrogens is 168 g/mol. The number of ketones is 1. The Bertz CT molecular complexity index is 192. The third-order valence-corrected chi connectivity index (χ3v) is 1.92. The normalized spacial score (nSPS) is 17.6. The van der Waals surface area contributed by atoms with E-state index in [1.54, 1.807) is 0 Å². The predicted octanol–water partition coefficient (Wildman–Crippen LogP) is 1.67. The van der Waals surface area contributed by atoms with E-state index in [-0.39, 0.29) is 12.1 Å². The molecule has 0 saturated carbocycles. The molecule has 1 rings (SSSR count). The highest BCUT2D eigenvalue weighted by Gasteiger charge is 2.18. The van der Waals surface area contributed by atoms with Gasteiger partial charge in [0, 0.05) is 6.42 Å². The quantitative estimate of drug-likeness (QED) is 0.610. The maximum Gasteiger partial charge on any atom is 0.164 e. The zero-order valence-electron chi connectivity index (χ0n) is 8.04. The third kappa shape index (κ3) is 4.20. The van der Waals surface area contributed by atoms with Crippen molar-refractivity contribution < 1.29 is 14.3 Å². The standard InChI is InChI=1S/C10H16O3/c1-8(2)3-4-9(11)7-10-12-5-6-13-10/h10H,1,3-7H2,2H3. The van der Waals surface area contributed by atoms with Gasteiger partial charge in [0.1, 0.15) is 5.78 Å². The zero-order chi connectivity index (χ0) is 9.68. The molecule has 0 spiro atoms. The van der Waals surface area contributed by atoms with Crippen molar-refractivity contribution >= 4 is 5.78 Å². The largest absolute Gasteiger partial charge is 0.350 e. The molecule has 0 aromatic rings. The van der Waals surface area contributed by atoms with Crippen molar-refractivity contribution in [3.05, 3.63) is 12.2 Å². The Balaban J connectivity index is 2.13. The minimum Gasteiger partial charge on any atom is -0.350 e. The molecule has 0 aliphatic carbocycles. The SMILES string of the molecule is C=C(C)CCC(=O)CC1OCCO1. The van der Waals surface area contributed by atoms with Crippen molar-refractivity contribution in [3.63, 3.8) is 0 Å². The topological polar surface area (TPSA) is 35.5 Å². The summed E-state index contributed by atoms with van der Waals surface area (Å²) >= 11 is 0. The van der Waals surface area contributed by atoms with Gasteiger partial charge in [0.15, 0.2) is 6.29 Å². The number of carbonyl (C=O) groups excluding carboxylic acids is 1. The molecule has 1 fully saturated rings. The summed E-state index contributed by atoms with van der Waals surface area (Å²) in [4.78, 5) is 11.3. The lowest BCUT2D eigenvalue weighted by atomic mass is 10.1. The van der Waals surface area contributed by atoms with Gasteiger partial charge in [-0.2, -0.15) is 0 Å². The van der Waals surface area contributed by atoms with E-state index < -0.39 is 0 Å². The van der Waals surface area contributed by atoms with Crippen molar-refractivity contribution in [2.24, 2.45) is 0 Å². The first-order valence-electron chi connectivity index (χ1n) is 4.58. The molecule has 0 aromatic heterocycles. The Hall–Kier alpha value is -0.670. The molecule has 0 aromatic carbocycles. The number of allylic oxidation sites excluding steroid dienone is 1. The summed E-state index contributed by atoms with van der Waals surface area (Å²) in [5.41, 5.74) is 1.04. The lowest BCUT2D eigenvalue weighted by Crippen LogP contribution is -2.14. The van der Waals surface area contributed by atoms with E-state index in [0.717, 1.165) is 12.0 Å². The fourth-order valence-electron chi connectivity index (χ4n) is 1.17. The van der Waals surface area contributed by atoms with Gasteiger partial charge in [0.2, 0.25) is 0 Å². The highest BCUT2D eigenvalue weighted by molar-refractivity contribution is 5.78. The highest BCUT2D eigenvalue weighted by Crippen LogP contribution is 2.11. The fraction of sp³-hybridized carbons (Fsp3) is 0.700. The average molecular weight is 184 g/mol. The lowest BCUT2D eigenvalue weighted by molar-refractivity contribution is -0.127. The summed E-state index contributed by atoms with van der Waals surface area (Å²) in [7, 11) is 0. The van der Waals surface area contributed by atoms with Crippen LogP contribution in [0.25, 0.3) is 0 Å². The van der Waals surface area contributed by atoms with Crippen LogP contribution in [0.3, 0.4) is 0 Å². The van der Waals surface area contributed by atoms with Gasteiger partial charge >= 0.3 is 0 Å². The number of Topliss-reactive ketones (excluding diaryl/α,β-unsaturated/α-hetero) is 1. The van der Waals surface area contributed by atoms with Crippen molar-refractivity contribution in [2.45, 2.75) is 32.5 Å². The molecular formula is C10H16O3. The first-order chi connectivity index (χ1) is 6.18. The number of hydrogen-bond donors (Lipinski definition) is 0. The summed E-state index contributed by atoms with van der Waals surface area (Å²) in [5.74, 6) is 0.190. The molecule has 1 aliphatic heterocycles. The molecule has 3 heteroatoms. The first-order valence-corrected chi connectivity index (χ1v) is 4.58. The van der Waals surface area contributed by atoms with Crippen LogP contribution in [-0.4, -0.2) is 25.3 Å². The number of rotatable bonds is 5. The average Bonchev–Trinajstić information content (AvgIpc) is 2.53. The lowest BCUT2D eigenvalue weighted by Gasteiger charge is -2.07. The molecule has 1 saturated heterocycles. The number of carbonyl (C=O) groups is 1. The summed E-state index contributed by atoms with van der Waals surface area (Å²) in [6.07, 6.45) is 1.41. The Kier molecular flexibility index (Phi) is 4.12. The summed E-state index contributed by atoms with van der Waals surface area (Å²) < 4.78 is 10.3. The van der Waals surface area contributed by atoms with E-state index in [1.807, 2.05) is 6.92 Å². The van der Waals surface area contributed by atoms with Crippen molar-refractivity contribution in [3.8, 4) is 0 Å². The van der Waals surface area contributed by atoms with Crippen LogP contribution in [0, 0.1) is 0 Å². The molecule has 0 radical (unpaired) electrons. The molecule has 1 aliphatic rings. The Morgan fingerprint density at radius 2 is 2.00 bits per heavy atom. The minimum absolute atomic E-state index is 0.190. The third-order valence-electron chi connectivity index (χ3n) is 1.92. The minimum atomic E-state index is -0.294. The second-order valence-corrected chi connectivity index (χ2v) is 3.37. The van der Waals surface area contributed by atoms with Gasteiger partial charge in [-0.1, -0.05) is 5.57 Å². The van der Waals surface area contributed by atoms with E-state index >= 15 is 0 Å². The molecule has 0 bridgehead atoms. The van der Waals surface area contributed by atoms with E-state index in [4.69, 9.17) is 9.47 Å². The summed E-state index contributed by atoms with van der Waals surface area (Å²) in [6.45, 7) is 6.89. The first kappa shape index (κ1) is 10.4. The second kappa shape index (κ2) is 5.14. The molecule has 0 unspecified atom stereocenters.